The first-order valence-corrected chi connectivity index (χ1v) is 24.9. The van der Waals surface area contributed by atoms with Gasteiger partial charge in [-0.1, -0.05) is 45.4 Å². The summed E-state index contributed by atoms with van der Waals surface area (Å²) in [6, 6.07) is 4.91. The lowest BCUT2D eigenvalue weighted by Crippen LogP contribution is -2.75. The Balaban J connectivity index is 1.21. The van der Waals surface area contributed by atoms with Crippen molar-refractivity contribution in [3.63, 3.8) is 0 Å². The lowest BCUT2D eigenvalue weighted by molar-refractivity contribution is -0.202. The Morgan fingerprint density at radius 2 is 1.98 bits per heavy atom. The molecule has 8 N–H and O–H groups in total. The lowest BCUT2D eigenvalue weighted by atomic mass is 9.57. The molecule has 348 valence electrons. The molecule has 2 aromatic rings. The number of esters is 1. The smallest absolute Gasteiger partial charge is 0.339 e. The Morgan fingerprint density at radius 3 is 2.71 bits per heavy atom. The van der Waals surface area contributed by atoms with Crippen LogP contribution in [0.2, 0.25) is 0 Å². The van der Waals surface area contributed by atoms with Crippen molar-refractivity contribution in [3.8, 4) is 5.75 Å². The number of aliphatic hydroxyl groups is 4. The fourth-order valence-corrected chi connectivity index (χ4v) is 15.0. The molecule has 1 saturated carbocycles. The molecule has 0 unspecified atom stereocenters. The monoisotopic (exact) mass is 930 g/mol. The third-order valence-electron chi connectivity index (χ3n) is 15.2. The Kier molecular flexibility index (Phi) is 12.7. The highest BCUT2D eigenvalue weighted by molar-refractivity contribution is 8.77. The molecule has 0 radical (unpaired) electrons. The molecule has 1 aromatic heterocycles. The molecule has 11 atom stereocenters. The van der Waals surface area contributed by atoms with Gasteiger partial charge in [-0.25, -0.2) is 9.59 Å². The number of nitrogens with one attached hydrogen (secondary N) is 2. The molecule has 2 bridgehead atoms. The minimum Gasteiger partial charge on any atom is -0.481 e. The van der Waals surface area contributed by atoms with Crippen LogP contribution in [0.4, 0.5) is 0 Å². The van der Waals surface area contributed by atoms with Crippen molar-refractivity contribution in [1.82, 2.24) is 15.5 Å². The van der Waals surface area contributed by atoms with Crippen molar-refractivity contribution >= 4 is 50.2 Å². The molecular weight excluding hydrogens is 873 g/mol. The fourth-order valence-electron chi connectivity index (χ4n) is 12.0. The van der Waals surface area contributed by atoms with Crippen LogP contribution in [0.1, 0.15) is 50.7 Å². The summed E-state index contributed by atoms with van der Waals surface area (Å²) >= 11 is 0. The van der Waals surface area contributed by atoms with E-state index in [1.165, 1.54) is 0 Å². The maximum absolute atomic E-state index is 15.0. The zero-order valence-electron chi connectivity index (χ0n) is 36.8. The summed E-state index contributed by atoms with van der Waals surface area (Å²) in [4.78, 5) is 58.2. The number of carbonyl (C=O) groups is 3. The van der Waals surface area contributed by atoms with Gasteiger partial charge in [0, 0.05) is 96.6 Å². The van der Waals surface area contributed by atoms with Gasteiger partial charge in [0.15, 0.2) is 17.0 Å². The minimum atomic E-state index is -1.60. The number of dihydropyridines is 1. The first kappa shape index (κ1) is 45.8. The van der Waals surface area contributed by atoms with Gasteiger partial charge in [0.25, 0.3) is 0 Å². The largest absolute Gasteiger partial charge is 0.481 e. The van der Waals surface area contributed by atoms with E-state index < -0.39 is 41.2 Å². The van der Waals surface area contributed by atoms with E-state index in [1.54, 1.807) is 59.7 Å². The normalized spacial score (nSPS) is 33.3. The Labute approximate surface area is 385 Å². The zero-order valence-corrected chi connectivity index (χ0v) is 38.4. The average Bonchev–Trinajstić information content (AvgIpc) is 3.64. The molecule has 4 aliphatic heterocycles. The molecular formula is C48H58N4O11S2. The van der Waals surface area contributed by atoms with Crippen LogP contribution in [0.3, 0.4) is 0 Å². The molecule has 1 spiro atoms. The Morgan fingerprint density at radius 1 is 1.17 bits per heavy atom. The van der Waals surface area contributed by atoms with E-state index in [4.69, 9.17) is 19.6 Å². The van der Waals surface area contributed by atoms with Gasteiger partial charge in [-0.15, -0.1) is 0 Å². The van der Waals surface area contributed by atoms with Gasteiger partial charge < -0.3 is 55.6 Å². The van der Waals surface area contributed by atoms with E-state index in [1.807, 2.05) is 36.2 Å². The number of ketones is 1. The number of nitrogens with two attached hydrogens (primary N) is 1. The van der Waals surface area contributed by atoms with Crippen LogP contribution in [-0.4, -0.2) is 123 Å². The van der Waals surface area contributed by atoms with Crippen molar-refractivity contribution < 1.29 is 48.7 Å². The number of aliphatic hydroxyl groups excluding tert-OH is 4. The Bertz CT molecular complexity index is 2500. The second kappa shape index (κ2) is 18.0. The molecule has 1 amide bonds. The Hall–Kier alpha value is -4.36. The van der Waals surface area contributed by atoms with Crippen LogP contribution >= 0.6 is 21.6 Å². The van der Waals surface area contributed by atoms with Gasteiger partial charge >= 0.3 is 11.6 Å². The number of fused-ring (bicyclic) bond motifs is 7. The maximum Gasteiger partial charge on any atom is 0.339 e. The number of hydrogen-bond acceptors (Lipinski definition) is 16. The predicted molar refractivity (Wildman–Crippen MR) is 246 cm³/mol. The predicted octanol–water partition coefficient (Wildman–Crippen LogP) is 2.59. The zero-order chi connectivity index (χ0) is 45.9. The summed E-state index contributed by atoms with van der Waals surface area (Å²) in [5.41, 5.74) is 6.97. The highest BCUT2D eigenvalue weighted by Gasteiger charge is 2.68. The molecule has 1 saturated heterocycles. The van der Waals surface area contributed by atoms with E-state index in [9.17, 15) is 39.6 Å². The van der Waals surface area contributed by atoms with Crippen molar-refractivity contribution in [2.75, 3.05) is 45.8 Å². The van der Waals surface area contributed by atoms with Crippen LogP contribution in [0.15, 0.2) is 85.9 Å². The number of nitrogens with zero attached hydrogens (tertiary/aromatic N) is 1. The number of rotatable bonds is 11. The van der Waals surface area contributed by atoms with Gasteiger partial charge in [-0.3, -0.25) is 9.59 Å². The number of carbonyl (C=O) groups excluding carboxylic acids is 3. The second-order valence-electron chi connectivity index (χ2n) is 18.6. The molecule has 5 heterocycles. The molecule has 2 fully saturated rings. The van der Waals surface area contributed by atoms with Gasteiger partial charge in [-0.2, -0.15) is 0 Å². The van der Waals surface area contributed by atoms with E-state index in [0.29, 0.717) is 41.1 Å². The van der Waals surface area contributed by atoms with E-state index >= 15 is 0 Å². The first-order chi connectivity index (χ1) is 31.3. The molecule has 9 rings (SSSR count). The summed E-state index contributed by atoms with van der Waals surface area (Å²) in [6.45, 7) is 2.67. The lowest BCUT2D eigenvalue weighted by Gasteiger charge is -2.62. The maximum atomic E-state index is 15.0. The SMILES string of the molecule is C/C=C(\CCO)C(=O)O[C@]1(C)[C@@H](CO)C=C2CSS[C@H]3C[C@@H]4C(=O)C=C[C@H]5[C@@H]([C@@H]4NC)[C@@H]3N5C(=O)CC3=C(C=C(N)NC3)[C@H]2[C@]12Cc1cc3cc(C[C@H](CO)CCO)c(=O)oc3cc1O2. The standard InChI is InChI=1S/C48H58N4O11S2/c1-4-25(8-10-54)46(60)63-47(2)31(22-56)14-30-23-64-65-38-16-33-35(57)6-5-34-41(43(33)50-3)44(38)52(34)40(58)15-29-20-51-39(49)17-32(29)42(30)48(47)19-28-13-26-12-27(11-24(21-55)7-9-53)45(59)61-36(26)18-37(28)62-48/h4-6,12-14,17-18,24,31,33-34,38,41-44,50-51,53-56H,7-11,15-16,19-23,49H2,1-3H3/b25-4+/t24-,31-,33-,34+,38+,41+,42+,43-,44-,47-,48-/m1/s1. The van der Waals surface area contributed by atoms with Crippen molar-refractivity contribution in [2.24, 2.45) is 35.3 Å². The molecule has 3 aliphatic carbocycles. The van der Waals surface area contributed by atoms with Crippen molar-refractivity contribution in [3.05, 3.63) is 98.2 Å². The number of benzene rings is 1. The number of allylic oxidation sites excluding steroid dienone is 3. The van der Waals surface area contributed by atoms with E-state index in [-0.39, 0.29) is 116 Å². The molecule has 15 nitrogen and oxygen atoms in total. The average molecular weight is 931 g/mol. The van der Waals surface area contributed by atoms with Gasteiger partial charge in [0.05, 0.1) is 36.9 Å². The summed E-state index contributed by atoms with van der Waals surface area (Å²) in [6.07, 6.45) is 10.4. The second-order valence-corrected chi connectivity index (χ2v) is 21.2. The third-order valence-corrected chi connectivity index (χ3v) is 18.0. The topological polar surface area (TPSA) is 234 Å². The summed E-state index contributed by atoms with van der Waals surface area (Å²) < 4.78 is 20.0. The van der Waals surface area contributed by atoms with Gasteiger partial charge in [0.2, 0.25) is 5.91 Å². The molecule has 1 aromatic carbocycles. The molecule has 65 heavy (non-hydrogen) atoms. The van der Waals surface area contributed by atoms with Crippen LogP contribution in [0, 0.1) is 29.6 Å². The summed E-state index contributed by atoms with van der Waals surface area (Å²) in [5.74, 6) is -1.44. The minimum absolute atomic E-state index is 0.0333. The highest BCUT2D eigenvalue weighted by Crippen LogP contribution is 2.60. The quantitative estimate of drug-likeness (QED) is 0.0564. The fraction of sp³-hybridized carbons (Fsp3) is 0.542. The van der Waals surface area contributed by atoms with Crippen LogP contribution in [-0.2, 0) is 32.0 Å². The summed E-state index contributed by atoms with van der Waals surface area (Å²) in [5, 5.41) is 48.1. The number of ether oxygens (including phenoxy) is 2. The van der Waals surface area contributed by atoms with Crippen molar-refractivity contribution in [2.45, 2.75) is 86.9 Å². The van der Waals surface area contributed by atoms with E-state index in [2.05, 4.69) is 10.6 Å². The summed E-state index contributed by atoms with van der Waals surface area (Å²) in [7, 11) is 5.21. The van der Waals surface area contributed by atoms with Crippen LogP contribution in [0.5, 0.6) is 5.75 Å². The third kappa shape index (κ3) is 7.58. The van der Waals surface area contributed by atoms with Gasteiger partial charge in [0.1, 0.15) is 11.3 Å². The highest BCUT2D eigenvalue weighted by atomic mass is 33.1. The first-order valence-electron chi connectivity index (χ1n) is 22.6. The van der Waals surface area contributed by atoms with Crippen molar-refractivity contribution in [1.29, 1.82) is 0 Å². The number of hydrogen-bond donors (Lipinski definition) is 7. The number of amides is 1. The molecule has 17 heteroatoms. The van der Waals surface area contributed by atoms with E-state index in [0.717, 1.165) is 22.3 Å². The molecule has 7 aliphatic rings. The van der Waals surface area contributed by atoms with Crippen LogP contribution in [0.25, 0.3) is 11.0 Å². The van der Waals surface area contributed by atoms with Gasteiger partial charge in [-0.05, 0) is 87.1 Å². The van der Waals surface area contributed by atoms with Crippen LogP contribution < -0.4 is 26.7 Å².